The Morgan fingerprint density at radius 1 is 1.00 bits per heavy atom. The molecule has 2 aromatic rings. The van der Waals surface area contributed by atoms with Crippen molar-refractivity contribution in [1.82, 2.24) is 0 Å². The Hall–Kier alpha value is -1.56. The van der Waals surface area contributed by atoms with Crippen molar-refractivity contribution in [3.05, 3.63) is 57.2 Å². The van der Waals surface area contributed by atoms with Gasteiger partial charge in [0.1, 0.15) is 0 Å². The first-order chi connectivity index (χ1) is 10.2. The number of rotatable bonds is 4. The number of hydrogen-bond donors (Lipinski definition) is 2. The summed E-state index contributed by atoms with van der Waals surface area (Å²) >= 11 is 2.26. The van der Waals surface area contributed by atoms with Gasteiger partial charge in [0.05, 0.1) is 6.54 Å². The third-order valence-electron chi connectivity index (χ3n) is 3.68. The molecule has 108 valence electrons. The van der Waals surface area contributed by atoms with Gasteiger partial charge in [-0.25, -0.2) is 0 Å². The molecule has 0 fully saturated rings. The SMILES string of the molecule is O=C(CNc1ccc(I)cc1)Nc1ccc2c(c1)CCC2. The Balaban J connectivity index is 1.55. The molecule has 0 saturated heterocycles. The quantitative estimate of drug-likeness (QED) is 0.777. The van der Waals surface area contributed by atoms with E-state index >= 15 is 0 Å². The van der Waals surface area contributed by atoms with Crippen molar-refractivity contribution < 1.29 is 4.79 Å². The Morgan fingerprint density at radius 2 is 1.71 bits per heavy atom. The average molecular weight is 392 g/mol. The van der Waals surface area contributed by atoms with Crippen LogP contribution in [0.1, 0.15) is 17.5 Å². The van der Waals surface area contributed by atoms with Gasteiger partial charge in [-0.05, 0) is 89.4 Å². The van der Waals surface area contributed by atoms with Crippen molar-refractivity contribution in [3.8, 4) is 0 Å². The Morgan fingerprint density at radius 3 is 2.52 bits per heavy atom. The first-order valence-corrected chi connectivity index (χ1v) is 8.20. The lowest BCUT2D eigenvalue weighted by Gasteiger charge is -2.09. The molecule has 2 N–H and O–H groups in total. The van der Waals surface area contributed by atoms with Gasteiger partial charge in [0.15, 0.2) is 0 Å². The number of fused-ring (bicyclic) bond motifs is 1. The van der Waals surface area contributed by atoms with E-state index in [1.807, 2.05) is 30.3 Å². The lowest BCUT2D eigenvalue weighted by atomic mass is 10.1. The van der Waals surface area contributed by atoms with E-state index in [9.17, 15) is 4.79 Å². The van der Waals surface area contributed by atoms with Crippen molar-refractivity contribution >= 4 is 39.9 Å². The van der Waals surface area contributed by atoms with Crippen LogP contribution in [-0.4, -0.2) is 12.5 Å². The van der Waals surface area contributed by atoms with Crippen molar-refractivity contribution in [2.75, 3.05) is 17.2 Å². The molecule has 4 heteroatoms. The van der Waals surface area contributed by atoms with Crippen LogP contribution in [-0.2, 0) is 17.6 Å². The first-order valence-electron chi connectivity index (χ1n) is 7.12. The second-order valence-electron chi connectivity index (χ2n) is 5.25. The van der Waals surface area contributed by atoms with Gasteiger partial charge in [0, 0.05) is 14.9 Å². The zero-order valence-corrected chi connectivity index (χ0v) is 13.8. The first kappa shape index (κ1) is 14.4. The van der Waals surface area contributed by atoms with Gasteiger partial charge in [0.25, 0.3) is 0 Å². The van der Waals surface area contributed by atoms with Gasteiger partial charge < -0.3 is 10.6 Å². The van der Waals surface area contributed by atoms with Gasteiger partial charge in [-0.1, -0.05) is 6.07 Å². The predicted molar refractivity (Wildman–Crippen MR) is 94.7 cm³/mol. The highest BCUT2D eigenvalue weighted by molar-refractivity contribution is 14.1. The molecule has 0 radical (unpaired) electrons. The van der Waals surface area contributed by atoms with Gasteiger partial charge in [-0.15, -0.1) is 0 Å². The molecule has 1 aliphatic rings. The van der Waals surface area contributed by atoms with E-state index in [2.05, 4.69) is 45.4 Å². The van der Waals surface area contributed by atoms with Crippen LogP contribution in [0, 0.1) is 3.57 Å². The number of carbonyl (C=O) groups is 1. The Bertz CT molecular complexity index is 652. The predicted octanol–water partition coefficient (Wildman–Crippen LogP) is 3.83. The minimum atomic E-state index is -0.0218. The summed E-state index contributed by atoms with van der Waals surface area (Å²) in [7, 11) is 0. The average Bonchev–Trinajstić information content (AvgIpc) is 2.94. The summed E-state index contributed by atoms with van der Waals surface area (Å²) in [5, 5.41) is 6.08. The summed E-state index contributed by atoms with van der Waals surface area (Å²) < 4.78 is 1.18. The number of carbonyl (C=O) groups excluding carboxylic acids is 1. The molecule has 0 heterocycles. The molecule has 2 aromatic carbocycles. The van der Waals surface area contributed by atoms with E-state index in [1.54, 1.807) is 0 Å². The maximum Gasteiger partial charge on any atom is 0.243 e. The Labute approximate surface area is 138 Å². The third-order valence-corrected chi connectivity index (χ3v) is 4.40. The molecule has 0 saturated carbocycles. The highest BCUT2D eigenvalue weighted by atomic mass is 127. The van der Waals surface area contributed by atoms with Crippen LogP contribution in [0.2, 0.25) is 0 Å². The zero-order valence-electron chi connectivity index (χ0n) is 11.7. The molecule has 1 aliphatic carbocycles. The minimum absolute atomic E-state index is 0.0218. The molecule has 0 unspecified atom stereocenters. The van der Waals surface area contributed by atoms with E-state index in [0.29, 0.717) is 0 Å². The van der Waals surface area contributed by atoms with Crippen molar-refractivity contribution in [2.45, 2.75) is 19.3 Å². The fourth-order valence-electron chi connectivity index (χ4n) is 2.60. The highest BCUT2D eigenvalue weighted by Crippen LogP contribution is 2.24. The fraction of sp³-hybridized carbons (Fsp3) is 0.235. The molecule has 3 rings (SSSR count). The van der Waals surface area contributed by atoms with Gasteiger partial charge in [-0.2, -0.15) is 0 Å². The van der Waals surface area contributed by atoms with E-state index in [4.69, 9.17) is 0 Å². The summed E-state index contributed by atoms with van der Waals surface area (Å²) in [6, 6.07) is 14.2. The van der Waals surface area contributed by atoms with Gasteiger partial charge >= 0.3 is 0 Å². The van der Waals surface area contributed by atoms with Crippen molar-refractivity contribution in [3.63, 3.8) is 0 Å². The number of amides is 1. The monoisotopic (exact) mass is 392 g/mol. The molecule has 21 heavy (non-hydrogen) atoms. The normalized spacial score (nSPS) is 12.8. The van der Waals surface area contributed by atoms with Crippen LogP contribution in [0.5, 0.6) is 0 Å². The number of hydrogen-bond acceptors (Lipinski definition) is 2. The smallest absolute Gasteiger partial charge is 0.243 e. The molecule has 0 atom stereocenters. The maximum absolute atomic E-state index is 12.0. The van der Waals surface area contributed by atoms with Gasteiger partial charge in [0.2, 0.25) is 5.91 Å². The summed E-state index contributed by atoms with van der Waals surface area (Å²) in [5.74, 6) is -0.0218. The van der Waals surface area contributed by atoms with Crippen LogP contribution < -0.4 is 10.6 Å². The van der Waals surface area contributed by atoms with E-state index < -0.39 is 0 Å². The number of aryl methyl sites for hydroxylation is 2. The highest BCUT2D eigenvalue weighted by Gasteiger charge is 2.11. The summed E-state index contributed by atoms with van der Waals surface area (Å²) in [4.78, 5) is 12.0. The standard InChI is InChI=1S/C17H17IN2O/c18-14-5-8-15(9-6-14)19-11-17(21)20-16-7-4-12-2-1-3-13(12)10-16/h4-10,19H,1-3,11H2,(H,20,21). The van der Waals surface area contributed by atoms with E-state index in [-0.39, 0.29) is 12.5 Å². The van der Waals surface area contributed by atoms with Crippen LogP contribution in [0.15, 0.2) is 42.5 Å². The topological polar surface area (TPSA) is 41.1 Å². The second kappa shape index (κ2) is 6.47. The molecule has 0 spiro atoms. The van der Waals surface area contributed by atoms with Crippen LogP contribution in [0.3, 0.4) is 0 Å². The second-order valence-corrected chi connectivity index (χ2v) is 6.49. The number of benzene rings is 2. The largest absolute Gasteiger partial charge is 0.376 e. The molecule has 3 nitrogen and oxygen atoms in total. The molecule has 1 amide bonds. The maximum atomic E-state index is 12.0. The lowest BCUT2D eigenvalue weighted by molar-refractivity contribution is -0.114. The third kappa shape index (κ3) is 3.75. The van der Waals surface area contributed by atoms with E-state index in [0.717, 1.165) is 24.2 Å². The van der Waals surface area contributed by atoms with Crippen LogP contribution in [0.4, 0.5) is 11.4 Å². The Kier molecular flexibility index (Phi) is 4.43. The van der Waals surface area contributed by atoms with Gasteiger partial charge in [-0.3, -0.25) is 4.79 Å². The fourth-order valence-corrected chi connectivity index (χ4v) is 2.96. The molecular formula is C17H17IN2O. The van der Waals surface area contributed by atoms with Crippen LogP contribution >= 0.6 is 22.6 Å². The molecule has 0 aromatic heterocycles. The van der Waals surface area contributed by atoms with E-state index in [1.165, 1.54) is 21.1 Å². The molecular weight excluding hydrogens is 375 g/mol. The lowest BCUT2D eigenvalue weighted by Crippen LogP contribution is -2.21. The van der Waals surface area contributed by atoms with Crippen LogP contribution in [0.25, 0.3) is 0 Å². The van der Waals surface area contributed by atoms with Crippen molar-refractivity contribution in [2.24, 2.45) is 0 Å². The zero-order chi connectivity index (χ0) is 14.7. The molecule has 0 aliphatic heterocycles. The summed E-state index contributed by atoms with van der Waals surface area (Å²) in [6.07, 6.45) is 3.51. The summed E-state index contributed by atoms with van der Waals surface area (Å²) in [5.41, 5.74) is 4.65. The minimum Gasteiger partial charge on any atom is -0.376 e. The van der Waals surface area contributed by atoms with Crippen molar-refractivity contribution in [1.29, 1.82) is 0 Å². The number of halogens is 1. The molecule has 0 bridgehead atoms. The number of nitrogens with one attached hydrogen (secondary N) is 2. The number of anilines is 2. The summed E-state index contributed by atoms with van der Waals surface area (Å²) in [6.45, 7) is 0.275.